The number of phenols is 1. The number of ether oxygens (including phenoxy) is 1. The van der Waals surface area contributed by atoms with Crippen molar-refractivity contribution in [1.82, 2.24) is 5.43 Å². The Morgan fingerprint density at radius 1 is 1.22 bits per heavy atom. The third-order valence-electron chi connectivity index (χ3n) is 2.64. The predicted molar refractivity (Wildman–Crippen MR) is 66.4 cm³/mol. The Morgan fingerprint density at radius 2 is 1.89 bits per heavy atom. The molecule has 0 amide bonds. The molecule has 0 aromatic heterocycles. The molecule has 0 unspecified atom stereocenters. The first kappa shape index (κ1) is 14.7. The van der Waals surface area contributed by atoms with Gasteiger partial charge >= 0.3 is 0 Å². The summed E-state index contributed by atoms with van der Waals surface area (Å²) in [6.07, 6.45) is 0. The normalized spacial score (nSPS) is 10.9. The molecule has 102 valence electrons. The number of aliphatic hydroxyl groups excluding tert-OH is 2. The van der Waals surface area contributed by atoms with Gasteiger partial charge in [0.15, 0.2) is 0 Å². The van der Waals surface area contributed by atoms with Gasteiger partial charge in [-0.25, -0.2) is 0 Å². The van der Waals surface area contributed by atoms with Crippen molar-refractivity contribution in [1.29, 1.82) is 0 Å². The number of aliphatic hydroxyl groups is 2. The molecule has 0 bridgehead atoms. The summed E-state index contributed by atoms with van der Waals surface area (Å²) in [7, 11) is 1.57. The highest BCUT2D eigenvalue weighted by atomic mass is 16.5. The molecular formula is C12H21N2O4+. The van der Waals surface area contributed by atoms with Crippen molar-refractivity contribution in [2.75, 3.05) is 33.4 Å². The van der Waals surface area contributed by atoms with Crippen LogP contribution in [0.2, 0.25) is 0 Å². The molecule has 0 heterocycles. The highest BCUT2D eigenvalue weighted by Crippen LogP contribution is 2.22. The molecule has 0 aliphatic heterocycles. The van der Waals surface area contributed by atoms with Crippen molar-refractivity contribution in [2.24, 2.45) is 0 Å². The number of hydrogen-bond donors (Lipinski definition) is 5. The summed E-state index contributed by atoms with van der Waals surface area (Å²) in [6, 6.07) is 5.01. The van der Waals surface area contributed by atoms with E-state index in [0.29, 0.717) is 30.9 Å². The third-order valence-corrected chi connectivity index (χ3v) is 2.64. The second-order valence-electron chi connectivity index (χ2n) is 3.90. The van der Waals surface area contributed by atoms with Crippen LogP contribution in [-0.4, -0.2) is 48.7 Å². The van der Waals surface area contributed by atoms with E-state index in [1.807, 2.05) is 0 Å². The molecule has 0 saturated carbocycles. The van der Waals surface area contributed by atoms with Gasteiger partial charge in [0, 0.05) is 5.56 Å². The molecule has 18 heavy (non-hydrogen) atoms. The molecule has 0 aliphatic rings. The summed E-state index contributed by atoms with van der Waals surface area (Å²) in [5.41, 5.74) is 3.82. The van der Waals surface area contributed by atoms with E-state index in [4.69, 9.17) is 14.9 Å². The molecule has 0 atom stereocenters. The van der Waals surface area contributed by atoms with Gasteiger partial charge in [0.2, 0.25) is 0 Å². The standard InChI is InChI=1S/C12H20N2O4/c1-18-11-2-3-12(17)10(8-11)9-13-14(4-6-15)5-7-16/h2-3,8,13,15-17H,4-7,9H2,1H3/p+1. The van der Waals surface area contributed by atoms with Crippen molar-refractivity contribution in [3.63, 3.8) is 0 Å². The lowest BCUT2D eigenvalue weighted by atomic mass is 10.2. The number of methoxy groups -OCH3 is 1. The van der Waals surface area contributed by atoms with Crippen molar-refractivity contribution in [3.05, 3.63) is 23.8 Å². The first-order valence-electron chi connectivity index (χ1n) is 5.87. The zero-order chi connectivity index (χ0) is 13.4. The van der Waals surface area contributed by atoms with E-state index in [-0.39, 0.29) is 19.0 Å². The van der Waals surface area contributed by atoms with Crippen molar-refractivity contribution in [2.45, 2.75) is 6.54 Å². The number of quaternary nitrogens is 1. The summed E-state index contributed by atoms with van der Waals surface area (Å²) in [5.74, 6) is 0.867. The van der Waals surface area contributed by atoms with Gasteiger partial charge in [0.05, 0.1) is 26.9 Å². The van der Waals surface area contributed by atoms with Crippen LogP contribution in [0.5, 0.6) is 11.5 Å². The summed E-state index contributed by atoms with van der Waals surface area (Å²) >= 11 is 0. The van der Waals surface area contributed by atoms with E-state index in [9.17, 15) is 5.11 Å². The van der Waals surface area contributed by atoms with E-state index >= 15 is 0 Å². The Kier molecular flexibility index (Phi) is 6.45. The maximum absolute atomic E-state index is 9.70. The minimum Gasteiger partial charge on any atom is -0.508 e. The van der Waals surface area contributed by atoms with Gasteiger partial charge in [0.1, 0.15) is 24.6 Å². The number of hydrogen-bond acceptors (Lipinski definition) is 5. The highest BCUT2D eigenvalue weighted by Gasteiger charge is 2.09. The Morgan fingerprint density at radius 3 is 2.44 bits per heavy atom. The van der Waals surface area contributed by atoms with Crippen molar-refractivity contribution in [3.8, 4) is 11.5 Å². The smallest absolute Gasteiger partial charge is 0.120 e. The number of benzene rings is 1. The summed E-state index contributed by atoms with van der Waals surface area (Å²) < 4.78 is 5.09. The van der Waals surface area contributed by atoms with E-state index in [1.165, 1.54) is 0 Å². The highest BCUT2D eigenvalue weighted by molar-refractivity contribution is 5.39. The second-order valence-corrected chi connectivity index (χ2v) is 3.90. The fourth-order valence-electron chi connectivity index (χ4n) is 1.62. The fourth-order valence-corrected chi connectivity index (χ4v) is 1.62. The van der Waals surface area contributed by atoms with Crippen LogP contribution in [0.25, 0.3) is 0 Å². The molecular weight excluding hydrogens is 236 g/mol. The topological polar surface area (TPSA) is 86.4 Å². The Labute approximate surface area is 106 Å². The van der Waals surface area contributed by atoms with Crippen LogP contribution in [0, 0.1) is 0 Å². The minimum atomic E-state index is 0.0342. The Balaban J connectivity index is 2.60. The van der Waals surface area contributed by atoms with Crippen LogP contribution in [0.1, 0.15) is 5.56 Å². The fraction of sp³-hybridized carbons (Fsp3) is 0.500. The van der Waals surface area contributed by atoms with Crippen molar-refractivity contribution >= 4 is 0 Å². The maximum atomic E-state index is 9.70. The molecule has 0 saturated heterocycles. The van der Waals surface area contributed by atoms with Crippen LogP contribution in [0.4, 0.5) is 0 Å². The number of aromatic hydroxyl groups is 1. The molecule has 0 aliphatic carbocycles. The minimum absolute atomic E-state index is 0.0342. The molecule has 1 rings (SSSR count). The van der Waals surface area contributed by atoms with E-state index in [1.54, 1.807) is 25.3 Å². The number of rotatable bonds is 8. The van der Waals surface area contributed by atoms with Gasteiger partial charge in [0.25, 0.3) is 0 Å². The summed E-state index contributed by atoms with van der Waals surface area (Å²) in [4.78, 5) is 0. The maximum Gasteiger partial charge on any atom is 0.120 e. The van der Waals surface area contributed by atoms with Gasteiger partial charge in [-0.15, -0.1) is 0 Å². The van der Waals surface area contributed by atoms with Crippen LogP contribution in [-0.2, 0) is 6.54 Å². The van der Waals surface area contributed by atoms with Gasteiger partial charge in [-0.3, -0.25) is 5.01 Å². The van der Waals surface area contributed by atoms with Crippen LogP contribution >= 0.6 is 0 Å². The molecule has 5 N–H and O–H groups in total. The van der Waals surface area contributed by atoms with E-state index in [2.05, 4.69) is 5.43 Å². The van der Waals surface area contributed by atoms with E-state index < -0.39 is 0 Å². The summed E-state index contributed by atoms with van der Waals surface area (Å²) in [5, 5.41) is 28.3. The molecule has 6 heteroatoms. The van der Waals surface area contributed by atoms with Gasteiger partial charge < -0.3 is 20.1 Å². The molecule has 0 radical (unpaired) electrons. The lowest BCUT2D eigenvalue weighted by Crippen LogP contribution is -3.19. The molecule has 0 spiro atoms. The zero-order valence-electron chi connectivity index (χ0n) is 10.5. The molecule has 1 aromatic carbocycles. The molecule has 6 nitrogen and oxygen atoms in total. The monoisotopic (exact) mass is 257 g/mol. The van der Waals surface area contributed by atoms with Crippen LogP contribution in [0.15, 0.2) is 18.2 Å². The predicted octanol–water partition coefficient (Wildman–Crippen LogP) is -1.73. The zero-order valence-corrected chi connectivity index (χ0v) is 10.5. The summed E-state index contributed by atoms with van der Waals surface area (Å²) in [6.45, 7) is 1.48. The largest absolute Gasteiger partial charge is 0.508 e. The lowest BCUT2D eigenvalue weighted by molar-refractivity contribution is -0.947. The average Bonchev–Trinajstić information content (AvgIpc) is 2.38. The quantitative estimate of drug-likeness (QED) is 0.358. The lowest BCUT2D eigenvalue weighted by Gasteiger charge is -2.18. The molecule has 1 aromatic rings. The SMILES string of the molecule is COc1ccc(O)c(CN[NH+](CCO)CCO)c1. The number of phenolic OH excluding ortho intramolecular Hbond substituents is 1. The number of nitrogens with one attached hydrogen (secondary N) is 2. The van der Waals surface area contributed by atoms with Gasteiger partial charge in [-0.2, -0.15) is 5.43 Å². The van der Waals surface area contributed by atoms with E-state index in [0.717, 1.165) is 5.01 Å². The first-order valence-corrected chi connectivity index (χ1v) is 5.87. The average molecular weight is 257 g/mol. The second kappa shape index (κ2) is 7.88. The first-order chi connectivity index (χ1) is 8.71. The Hall–Kier alpha value is -1.34. The third kappa shape index (κ3) is 4.50. The van der Waals surface area contributed by atoms with Crippen LogP contribution < -0.4 is 15.2 Å². The van der Waals surface area contributed by atoms with Gasteiger partial charge in [-0.1, -0.05) is 0 Å². The van der Waals surface area contributed by atoms with Crippen molar-refractivity contribution < 1.29 is 25.1 Å². The molecule has 0 fully saturated rings. The Bertz CT molecular complexity index is 354. The van der Waals surface area contributed by atoms with Gasteiger partial charge in [-0.05, 0) is 18.2 Å². The van der Waals surface area contributed by atoms with Crippen LogP contribution in [0.3, 0.4) is 0 Å².